The fourth-order valence-electron chi connectivity index (χ4n) is 4.34. The van der Waals surface area contributed by atoms with Gasteiger partial charge >= 0.3 is 11.5 Å². The number of aromatic nitrogens is 2. The lowest BCUT2D eigenvalue weighted by molar-refractivity contribution is 0.328. The zero-order valence-electron chi connectivity index (χ0n) is 17.2. The number of oxazole rings is 2. The molecule has 5 rings (SSSR count). The second-order valence-corrected chi connectivity index (χ2v) is 8.01. The summed E-state index contributed by atoms with van der Waals surface area (Å²) in [5.41, 5.74) is 2.71. The third kappa shape index (κ3) is 4.56. The standard InChI is InChI=1S/C23H22FN3O4.ClH/c24-16-5-1-14(2-6-16)15-3-7-17(8-4-15)25-12-19-13-27(23(29)30-19)18-9-10-20-21(11-18)31-22(28)26-20;/h1-2,5-6,9-11,13,15,17,25H,3-4,7-8,12H2,(H,26,28);1H. The average molecular weight is 460 g/mol. The van der Waals surface area contributed by atoms with Gasteiger partial charge in [-0.05, 0) is 61.4 Å². The van der Waals surface area contributed by atoms with Crippen LogP contribution < -0.4 is 16.8 Å². The van der Waals surface area contributed by atoms with Crippen LogP contribution in [0.5, 0.6) is 0 Å². The van der Waals surface area contributed by atoms with Gasteiger partial charge in [-0.25, -0.2) is 18.5 Å². The minimum absolute atomic E-state index is 0. The van der Waals surface area contributed by atoms with Crippen LogP contribution in [0.1, 0.15) is 42.9 Å². The van der Waals surface area contributed by atoms with E-state index in [1.165, 1.54) is 22.3 Å². The van der Waals surface area contributed by atoms with Crippen LogP contribution in [0.3, 0.4) is 0 Å². The van der Waals surface area contributed by atoms with Crippen LogP contribution in [0.25, 0.3) is 16.8 Å². The molecule has 0 spiro atoms. The van der Waals surface area contributed by atoms with Crippen molar-refractivity contribution in [2.75, 3.05) is 0 Å². The van der Waals surface area contributed by atoms with E-state index in [9.17, 15) is 14.0 Å². The maximum absolute atomic E-state index is 13.1. The highest BCUT2D eigenvalue weighted by molar-refractivity contribution is 5.85. The fourth-order valence-corrected chi connectivity index (χ4v) is 4.34. The molecular weight excluding hydrogens is 437 g/mol. The molecule has 32 heavy (non-hydrogen) atoms. The molecule has 0 amide bonds. The van der Waals surface area contributed by atoms with Crippen LogP contribution in [-0.2, 0) is 6.54 Å². The number of hydrogen-bond donors (Lipinski definition) is 2. The summed E-state index contributed by atoms with van der Waals surface area (Å²) in [6.07, 6.45) is 5.75. The van der Waals surface area contributed by atoms with E-state index in [-0.39, 0.29) is 18.2 Å². The first-order valence-corrected chi connectivity index (χ1v) is 10.4. The largest absolute Gasteiger partial charge is 0.423 e. The van der Waals surface area contributed by atoms with Crippen molar-refractivity contribution in [1.82, 2.24) is 14.9 Å². The van der Waals surface area contributed by atoms with Crippen LogP contribution in [0.15, 0.2) is 67.1 Å². The van der Waals surface area contributed by atoms with Crippen molar-refractivity contribution in [2.45, 2.75) is 44.2 Å². The molecule has 0 saturated heterocycles. The van der Waals surface area contributed by atoms with Crippen molar-refractivity contribution in [1.29, 1.82) is 0 Å². The predicted molar refractivity (Wildman–Crippen MR) is 120 cm³/mol. The molecule has 4 aromatic rings. The Balaban J connectivity index is 0.00000245. The highest BCUT2D eigenvalue weighted by atomic mass is 35.5. The molecule has 7 nitrogen and oxygen atoms in total. The molecule has 0 radical (unpaired) electrons. The molecule has 2 heterocycles. The summed E-state index contributed by atoms with van der Waals surface area (Å²) >= 11 is 0. The van der Waals surface area contributed by atoms with E-state index >= 15 is 0 Å². The van der Waals surface area contributed by atoms with Crippen molar-refractivity contribution in [3.05, 3.63) is 86.9 Å². The number of benzene rings is 2. The summed E-state index contributed by atoms with van der Waals surface area (Å²) in [5.74, 6) is -0.229. The molecule has 2 aromatic carbocycles. The molecule has 2 aromatic heterocycles. The molecule has 0 aliphatic heterocycles. The predicted octanol–water partition coefficient (Wildman–Crippen LogP) is 4.24. The highest BCUT2D eigenvalue weighted by Gasteiger charge is 2.22. The Morgan fingerprint density at radius 2 is 1.78 bits per heavy atom. The van der Waals surface area contributed by atoms with Crippen molar-refractivity contribution >= 4 is 23.5 Å². The Morgan fingerprint density at radius 3 is 2.53 bits per heavy atom. The topological polar surface area (TPSA) is 93.2 Å². The van der Waals surface area contributed by atoms with E-state index in [0.29, 0.717) is 41.1 Å². The first-order chi connectivity index (χ1) is 15.0. The number of nitrogens with zero attached hydrogens (tertiary/aromatic N) is 1. The van der Waals surface area contributed by atoms with Crippen molar-refractivity contribution < 1.29 is 13.2 Å². The Hall–Kier alpha value is -3.10. The fraction of sp³-hybridized carbons (Fsp3) is 0.304. The van der Waals surface area contributed by atoms with Gasteiger partial charge < -0.3 is 14.2 Å². The van der Waals surface area contributed by atoms with Crippen molar-refractivity contribution in [3.63, 3.8) is 0 Å². The van der Waals surface area contributed by atoms with E-state index < -0.39 is 11.5 Å². The molecule has 1 aliphatic rings. The van der Waals surface area contributed by atoms with E-state index in [1.807, 2.05) is 12.1 Å². The molecule has 0 bridgehead atoms. The lowest BCUT2D eigenvalue weighted by Crippen LogP contribution is -2.32. The second-order valence-electron chi connectivity index (χ2n) is 8.01. The van der Waals surface area contributed by atoms with Crippen LogP contribution in [0, 0.1) is 5.82 Å². The number of nitrogens with one attached hydrogen (secondary N) is 2. The Bertz CT molecular complexity index is 1310. The Morgan fingerprint density at radius 1 is 1.03 bits per heavy atom. The number of fused-ring (bicyclic) bond motifs is 1. The highest BCUT2D eigenvalue weighted by Crippen LogP contribution is 2.33. The van der Waals surface area contributed by atoms with Crippen LogP contribution in [0.4, 0.5) is 4.39 Å². The van der Waals surface area contributed by atoms with Crippen LogP contribution >= 0.6 is 12.4 Å². The van der Waals surface area contributed by atoms with Gasteiger partial charge in [0.2, 0.25) is 0 Å². The summed E-state index contributed by atoms with van der Waals surface area (Å²) in [7, 11) is 0. The molecule has 0 atom stereocenters. The molecule has 0 unspecified atom stereocenters. The number of hydrogen-bond acceptors (Lipinski definition) is 5. The van der Waals surface area contributed by atoms with Crippen LogP contribution in [0.2, 0.25) is 0 Å². The van der Waals surface area contributed by atoms with Gasteiger partial charge in [-0.1, -0.05) is 12.1 Å². The number of rotatable bonds is 5. The Labute approximate surface area is 188 Å². The third-order valence-corrected chi connectivity index (χ3v) is 6.00. The average Bonchev–Trinajstić information content (AvgIpc) is 3.33. The first-order valence-electron chi connectivity index (χ1n) is 10.4. The lowest BCUT2D eigenvalue weighted by atomic mass is 9.82. The van der Waals surface area contributed by atoms with Gasteiger partial charge in [-0.15, -0.1) is 12.4 Å². The van der Waals surface area contributed by atoms with E-state index in [4.69, 9.17) is 8.83 Å². The van der Waals surface area contributed by atoms with E-state index in [1.54, 1.807) is 24.4 Å². The normalized spacial score (nSPS) is 18.5. The molecule has 2 N–H and O–H groups in total. The van der Waals surface area contributed by atoms with Gasteiger partial charge in [0.05, 0.1) is 23.9 Å². The second kappa shape index (κ2) is 9.18. The van der Waals surface area contributed by atoms with Crippen molar-refractivity contribution in [3.8, 4) is 5.69 Å². The minimum Gasteiger partial charge on any atom is -0.411 e. The molecule has 1 fully saturated rings. The minimum atomic E-state index is -0.536. The summed E-state index contributed by atoms with van der Waals surface area (Å²) in [5, 5.41) is 3.47. The quantitative estimate of drug-likeness (QED) is 0.465. The maximum atomic E-state index is 13.1. The maximum Gasteiger partial charge on any atom is 0.423 e. The number of halogens is 2. The zero-order valence-corrected chi connectivity index (χ0v) is 18.0. The van der Waals surface area contributed by atoms with Crippen LogP contribution in [-0.4, -0.2) is 15.6 Å². The molecular formula is C23H23ClFN3O4. The molecule has 9 heteroatoms. The number of H-pyrrole nitrogens is 1. The summed E-state index contributed by atoms with van der Waals surface area (Å²) in [6.45, 7) is 0.454. The third-order valence-electron chi connectivity index (χ3n) is 6.00. The molecule has 1 aliphatic carbocycles. The Kier molecular flexibility index (Phi) is 6.34. The summed E-state index contributed by atoms with van der Waals surface area (Å²) < 4.78 is 25.0. The molecule has 168 valence electrons. The zero-order chi connectivity index (χ0) is 21.4. The van der Waals surface area contributed by atoms with Gasteiger partial charge in [-0.3, -0.25) is 4.98 Å². The molecule has 1 saturated carbocycles. The van der Waals surface area contributed by atoms with Gasteiger partial charge in [-0.2, -0.15) is 0 Å². The smallest absolute Gasteiger partial charge is 0.411 e. The van der Waals surface area contributed by atoms with Crippen molar-refractivity contribution in [2.24, 2.45) is 0 Å². The van der Waals surface area contributed by atoms with Gasteiger partial charge in [0.25, 0.3) is 0 Å². The van der Waals surface area contributed by atoms with Gasteiger partial charge in [0, 0.05) is 12.1 Å². The summed E-state index contributed by atoms with van der Waals surface area (Å²) in [6, 6.07) is 12.2. The van der Waals surface area contributed by atoms with E-state index in [2.05, 4.69) is 10.3 Å². The lowest BCUT2D eigenvalue weighted by Gasteiger charge is -2.29. The monoisotopic (exact) mass is 459 g/mol. The van der Waals surface area contributed by atoms with Gasteiger partial charge in [0.1, 0.15) is 11.6 Å². The SMILES string of the molecule is Cl.O=c1[nH]c2ccc(-n3cc(CNC4CCC(c5ccc(F)cc5)CC4)oc3=O)cc2o1. The number of aromatic amines is 1. The first kappa shape index (κ1) is 22.1. The summed E-state index contributed by atoms with van der Waals surface area (Å²) in [4.78, 5) is 26.2. The van der Waals surface area contributed by atoms with E-state index in [0.717, 1.165) is 25.7 Å². The van der Waals surface area contributed by atoms with Gasteiger partial charge in [0.15, 0.2) is 5.58 Å².